The Morgan fingerprint density at radius 3 is 1.39 bits per heavy atom. The molecule has 274 valence electrons. The van der Waals surface area contributed by atoms with Crippen LogP contribution in [0, 0.1) is 0 Å². The fraction of sp³-hybridized carbons (Fsp3) is 0. The highest BCUT2D eigenvalue weighted by molar-refractivity contribution is 6.12. The molecule has 4 nitrogen and oxygen atoms in total. The summed E-state index contributed by atoms with van der Waals surface area (Å²) >= 11 is 0. The average molecular weight is 752 g/mol. The van der Waals surface area contributed by atoms with Gasteiger partial charge in [0.2, 0.25) is 0 Å². The predicted octanol–water partition coefficient (Wildman–Crippen LogP) is 14.7. The van der Waals surface area contributed by atoms with E-state index in [4.69, 9.17) is 19.4 Å². The standard InChI is InChI=1S/C55H33N3O/c1-4-19-37-34(14-1)17-11-25-40(37)44-32-33-48(43-23-8-7-22-42(43)44)53-56-54(49-28-13-27-47-45-24-9-10-29-50(45)59-52(47)49)58-55(57-53)51-39-21-6-3-16-36(39)30-31-46(51)41-26-12-18-35-15-2-5-20-38(35)41/h1-33H. The number of aromatic nitrogens is 3. The maximum absolute atomic E-state index is 6.61. The normalized spacial score (nSPS) is 11.7. The first-order valence-corrected chi connectivity index (χ1v) is 19.9. The Hall–Kier alpha value is -7.95. The first kappa shape index (κ1) is 33.2. The average Bonchev–Trinajstić information content (AvgIpc) is 3.69. The molecule has 2 heterocycles. The number of rotatable bonds is 5. The number of furan rings is 1. The van der Waals surface area contributed by atoms with Crippen LogP contribution in [0.3, 0.4) is 0 Å². The van der Waals surface area contributed by atoms with Gasteiger partial charge in [-0.2, -0.15) is 0 Å². The summed E-state index contributed by atoms with van der Waals surface area (Å²) in [6.07, 6.45) is 0. The first-order chi connectivity index (χ1) is 29.3. The Kier molecular flexibility index (Phi) is 7.50. The zero-order valence-corrected chi connectivity index (χ0v) is 31.8. The Morgan fingerprint density at radius 1 is 0.254 bits per heavy atom. The van der Waals surface area contributed by atoms with Gasteiger partial charge >= 0.3 is 0 Å². The van der Waals surface area contributed by atoms with Crippen LogP contribution in [0.25, 0.3) is 121 Å². The molecule has 12 aromatic rings. The third-order valence-electron chi connectivity index (χ3n) is 11.8. The minimum Gasteiger partial charge on any atom is -0.455 e. The van der Waals surface area contributed by atoms with E-state index in [-0.39, 0.29) is 0 Å². The molecule has 10 aromatic carbocycles. The Morgan fingerprint density at radius 2 is 0.678 bits per heavy atom. The molecule has 0 spiro atoms. The summed E-state index contributed by atoms with van der Waals surface area (Å²) in [4.78, 5) is 16.3. The van der Waals surface area contributed by atoms with Gasteiger partial charge in [-0.1, -0.05) is 182 Å². The lowest BCUT2D eigenvalue weighted by molar-refractivity contribution is 0.669. The highest BCUT2D eigenvalue weighted by Crippen LogP contribution is 2.43. The molecule has 0 fully saturated rings. The zero-order valence-electron chi connectivity index (χ0n) is 31.8. The van der Waals surface area contributed by atoms with Crippen molar-refractivity contribution < 1.29 is 4.42 Å². The maximum Gasteiger partial charge on any atom is 0.167 e. The lowest BCUT2D eigenvalue weighted by Crippen LogP contribution is -2.02. The maximum atomic E-state index is 6.61. The van der Waals surface area contributed by atoms with Gasteiger partial charge in [0.25, 0.3) is 0 Å². The molecule has 0 amide bonds. The Balaban J connectivity index is 1.17. The predicted molar refractivity (Wildman–Crippen MR) is 244 cm³/mol. The van der Waals surface area contributed by atoms with Crippen molar-refractivity contribution in [3.05, 3.63) is 200 Å². The van der Waals surface area contributed by atoms with Gasteiger partial charge in [0.1, 0.15) is 11.2 Å². The van der Waals surface area contributed by atoms with Crippen LogP contribution in [0.5, 0.6) is 0 Å². The van der Waals surface area contributed by atoms with E-state index in [9.17, 15) is 0 Å². The number of fused-ring (bicyclic) bond motifs is 7. The summed E-state index contributed by atoms with van der Waals surface area (Å²) < 4.78 is 6.61. The van der Waals surface area contributed by atoms with Gasteiger partial charge in [0, 0.05) is 21.9 Å². The molecule has 0 saturated carbocycles. The van der Waals surface area contributed by atoms with Crippen LogP contribution in [0.1, 0.15) is 0 Å². The second kappa shape index (κ2) is 13.3. The van der Waals surface area contributed by atoms with Crippen molar-refractivity contribution in [2.24, 2.45) is 0 Å². The van der Waals surface area contributed by atoms with Gasteiger partial charge in [-0.05, 0) is 83.5 Å². The number of para-hydroxylation sites is 2. The van der Waals surface area contributed by atoms with E-state index in [0.717, 1.165) is 76.9 Å². The molecule has 0 saturated heterocycles. The second-order valence-electron chi connectivity index (χ2n) is 15.1. The Bertz CT molecular complexity index is 3630. The van der Waals surface area contributed by atoms with Gasteiger partial charge in [-0.25, -0.2) is 15.0 Å². The topological polar surface area (TPSA) is 51.8 Å². The highest BCUT2D eigenvalue weighted by atomic mass is 16.3. The number of hydrogen-bond donors (Lipinski definition) is 0. The van der Waals surface area contributed by atoms with Crippen LogP contribution in [-0.4, -0.2) is 15.0 Å². The second-order valence-corrected chi connectivity index (χ2v) is 15.1. The molecule has 0 aliphatic heterocycles. The summed E-state index contributed by atoms with van der Waals surface area (Å²) in [6, 6.07) is 70.5. The summed E-state index contributed by atoms with van der Waals surface area (Å²) in [5.41, 5.74) is 8.80. The molecule has 0 radical (unpaired) electrons. The molecule has 12 rings (SSSR count). The van der Waals surface area contributed by atoms with Crippen LogP contribution in [0.15, 0.2) is 205 Å². The van der Waals surface area contributed by atoms with Crippen molar-refractivity contribution in [2.75, 3.05) is 0 Å². The smallest absolute Gasteiger partial charge is 0.167 e. The molecule has 4 heteroatoms. The van der Waals surface area contributed by atoms with Gasteiger partial charge in [0.15, 0.2) is 17.5 Å². The quantitative estimate of drug-likeness (QED) is 0.176. The van der Waals surface area contributed by atoms with Crippen molar-refractivity contribution in [1.29, 1.82) is 0 Å². The van der Waals surface area contributed by atoms with Crippen molar-refractivity contribution in [1.82, 2.24) is 15.0 Å². The summed E-state index contributed by atoms with van der Waals surface area (Å²) in [7, 11) is 0. The van der Waals surface area contributed by atoms with Crippen molar-refractivity contribution in [3.8, 4) is 56.4 Å². The van der Waals surface area contributed by atoms with E-state index < -0.39 is 0 Å². The van der Waals surface area contributed by atoms with E-state index in [1.807, 2.05) is 18.2 Å². The molecule has 0 aliphatic rings. The minimum absolute atomic E-state index is 0.550. The van der Waals surface area contributed by atoms with E-state index >= 15 is 0 Å². The largest absolute Gasteiger partial charge is 0.455 e. The fourth-order valence-corrected chi connectivity index (χ4v) is 9.04. The summed E-state index contributed by atoms with van der Waals surface area (Å²) in [6.45, 7) is 0. The lowest BCUT2D eigenvalue weighted by Gasteiger charge is -2.17. The molecule has 0 aliphatic carbocycles. The molecule has 0 unspecified atom stereocenters. The monoisotopic (exact) mass is 751 g/mol. The van der Waals surface area contributed by atoms with Crippen LogP contribution in [-0.2, 0) is 0 Å². The van der Waals surface area contributed by atoms with Crippen molar-refractivity contribution >= 4 is 65.0 Å². The van der Waals surface area contributed by atoms with Crippen molar-refractivity contribution in [2.45, 2.75) is 0 Å². The molecule has 2 aromatic heterocycles. The minimum atomic E-state index is 0.550. The molecule has 59 heavy (non-hydrogen) atoms. The molecule has 0 bridgehead atoms. The fourth-order valence-electron chi connectivity index (χ4n) is 9.04. The van der Waals surface area contributed by atoms with Crippen LogP contribution in [0.4, 0.5) is 0 Å². The summed E-state index contributed by atoms with van der Waals surface area (Å²) in [5, 5.41) is 11.2. The van der Waals surface area contributed by atoms with Crippen LogP contribution < -0.4 is 0 Å². The van der Waals surface area contributed by atoms with Gasteiger partial charge in [0.05, 0.1) is 5.56 Å². The van der Waals surface area contributed by atoms with Crippen LogP contribution >= 0.6 is 0 Å². The Labute approximate surface area is 339 Å². The van der Waals surface area contributed by atoms with E-state index in [2.05, 4.69) is 182 Å². The number of hydrogen-bond acceptors (Lipinski definition) is 4. The molecule has 0 N–H and O–H groups in total. The molecular weight excluding hydrogens is 719 g/mol. The van der Waals surface area contributed by atoms with Gasteiger partial charge < -0.3 is 4.42 Å². The first-order valence-electron chi connectivity index (χ1n) is 19.9. The van der Waals surface area contributed by atoms with Crippen LogP contribution in [0.2, 0.25) is 0 Å². The third kappa shape index (κ3) is 5.34. The lowest BCUT2D eigenvalue weighted by atomic mass is 9.90. The SMILES string of the molecule is c1ccc2c(-c3ccc4ccccc4c3-c3nc(-c4ccc(-c5cccc6ccccc56)c5ccccc45)nc(-c4cccc5c4oc4ccccc45)n3)cccc2c1. The van der Waals surface area contributed by atoms with Gasteiger partial charge in [-0.3, -0.25) is 0 Å². The molecule has 0 atom stereocenters. The molecular formula is C55H33N3O. The van der Waals surface area contributed by atoms with E-state index in [1.165, 1.54) is 27.1 Å². The highest BCUT2D eigenvalue weighted by Gasteiger charge is 2.23. The summed E-state index contributed by atoms with van der Waals surface area (Å²) in [5.74, 6) is 1.74. The van der Waals surface area contributed by atoms with E-state index in [0.29, 0.717) is 17.5 Å². The van der Waals surface area contributed by atoms with Crippen molar-refractivity contribution in [3.63, 3.8) is 0 Å². The third-order valence-corrected chi connectivity index (χ3v) is 11.8. The zero-order chi connectivity index (χ0) is 38.9. The number of nitrogens with zero attached hydrogens (tertiary/aromatic N) is 3. The van der Waals surface area contributed by atoms with E-state index in [1.54, 1.807) is 0 Å². The number of benzene rings is 10. The van der Waals surface area contributed by atoms with Gasteiger partial charge in [-0.15, -0.1) is 0 Å².